The summed E-state index contributed by atoms with van der Waals surface area (Å²) in [6.45, 7) is 0. The minimum Gasteiger partial charge on any atom is -0.478 e. The van der Waals surface area contributed by atoms with Crippen molar-refractivity contribution in [3.8, 4) is 0 Å². The molecule has 5 heteroatoms. The highest BCUT2D eigenvalue weighted by atomic mass is 19.1. The molecule has 1 saturated carbocycles. The maximum atomic E-state index is 13.0. The van der Waals surface area contributed by atoms with Crippen LogP contribution < -0.4 is 5.32 Å². The van der Waals surface area contributed by atoms with Crippen LogP contribution in [0.15, 0.2) is 18.2 Å². The standard InChI is InChI=1S/C15H18FNO3/c16-11-6-7-13(12(9-11)15(19)20)17-14(18)8-5-10-3-1-2-4-10/h6-7,9-10H,1-5,8H2,(H,17,18)(H,19,20). The van der Waals surface area contributed by atoms with Crippen LogP contribution in [0, 0.1) is 11.7 Å². The molecule has 1 aliphatic carbocycles. The molecule has 0 spiro atoms. The smallest absolute Gasteiger partial charge is 0.337 e. The molecule has 4 nitrogen and oxygen atoms in total. The minimum absolute atomic E-state index is 0.148. The molecule has 1 aromatic carbocycles. The Kier molecular flexibility index (Phi) is 4.71. The lowest BCUT2D eigenvalue weighted by Gasteiger charge is -2.11. The second kappa shape index (κ2) is 6.50. The number of anilines is 1. The molecule has 1 aliphatic rings. The third kappa shape index (κ3) is 3.79. The van der Waals surface area contributed by atoms with E-state index in [1.165, 1.54) is 31.7 Å². The van der Waals surface area contributed by atoms with E-state index in [0.717, 1.165) is 18.6 Å². The number of nitrogens with one attached hydrogen (secondary N) is 1. The first-order valence-corrected chi connectivity index (χ1v) is 6.89. The summed E-state index contributed by atoms with van der Waals surface area (Å²) >= 11 is 0. The number of carboxylic acids is 1. The predicted octanol–water partition coefficient (Wildman–Crippen LogP) is 3.43. The van der Waals surface area contributed by atoms with Crippen LogP contribution in [0.2, 0.25) is 0 Å². The van der Waals surface area contributed by atoms with Gasteiger partial charge in [-0.05, 0) is 30.5 Å². The Bertz CT molecular complexity index is 510. The van der Waals surface area contributed by atoms with E-state index in [4.69, 9.17) is 5.11 Å². The van der Waals surface area contributed by atoms with Gasteiger partial charge in [-0.15, -0.1) is 0 Å². The van der Waals surface area contributed by atoms with Crippen LogP contribution in [-0.2, 0) is 4.79 Å². The first-order valence-electron chi connectivity index (χ1n) is 6.89. The molecular weight excluding hydrogens is 261 g/mol. The molecule has 0 saturated heterocycles. The maximum absolute atomic E-state index is 13.0. The Morgan fingerprint density at radius 3 is 2.65 bits per heavy atom. The van der Waals surface area contributed by atoms with E-state index in [-0.39, 0.29) is 17.2 Å². The molecule has 2 N–H and O–H groups in total. The fraction of sp³-hybridized carbons (Fsp3) is 0.467. The number of hydrogen-bond acceptors (Lipinski definition) is 2. The van der Waals surface area contributed by atoms with Crippen molar-refractivity contribution in [3.63, 3.8) is 0 Å². The molecule has 1 aromatic rings. The van der Waals surface area contributed by atoms with Crippen LogP contribution in [-0.4, -0.2) is 17.0 Å². The fourth-order valence-electron chi connectivity index (χ4n) is 2.65. The van der Waals surface area contributed by atoms with Crippen molar-refractivity contribution in [2.45, 2.75) is 38.5 Å². The Morgan fingerprint density at radius 2 is 2.00 bits per heavy atom. The van der Waals surface area contributed by atoms with E-state index in [1.807, 2.05) is 0 Å². The van der Waals surface area contributed by atoms with Crippen molar-refractivity contribution >= 4 is 17.6 Å². The zero-order valence-corrected chi connectivity index (χ0v) is 11.2. The van der Waals surface area contributed by atoms with Crippen molar-refractivity contribution in [1.82, 2.24) is 0 Å². The van der Waals surface area contributed by atoms with Crippen LogP contribution in [0.4, 0.5) is 10.1 Å². The summed E-state index contributed by atoms with van der Waals surface area (Å²) < 4.78 is 13.0. The highest BCUT2D eigenvalue weighted by Gasteiger charge is 2.17. The third-order valence-corrected chi connectivity index (χ3v) is 3.74. The predicted molar refractivity (Wildman–Crippen MR) is 73.2 cm³/mol. The summed E-state index contributed by atoms with van der Waals surface area (Å²) in [4.78, 5) is 22.8. The number of carboxylic acid groups (broad SMARTS) is 1. The second-order valence-electron chi connectivity index (χ2n) is 5.23. The Labute approximate surface area is 117 Å². The number of halogens is 1. The Balaban J connectivity index is 1.94. The lowest BCUT2D eigenvalue weighted by molar-refractivity contribution is -0.116. The van der Waals surface area contributed by atoms with Gasteiger partial charge in [0.05, 0.1) is 11.3 Å². The lowest BCUT2D eigenvalue weighted by Crippen LogP contribution is -2.15. The van der Waals surface area contributed by atoms with E-state index in [1.54, 1.807) is 0 Å². The first kappa shape index (κ1) is 14.5. The molecule has 2 rings (SSSR count). The molecule has 0 aromatic heterocycles. The number of carbonyl (C=O) groups excluding carboxylic acids is 1. The third-order valence-electron chi connectivity index (χ3n) is 3.74. The Hall–Kier alpha value is -1.91. The topological polar surface area (TPSA) is 66.4 Å². The average molecular weight is 279 g/mol. The van der Waals surface area contributed by atoms with Gasteiger partial charge in [0.15, 0.2) is 0 Å². The minimum atomic E-state index is -1.25. The van der Waals surface area contributed by atoms with Crippen LogP contribution >= 0.6 is 0 Å². The summed E-state index contributed by atoms with van der Waals surface area (Å²) in [6, 6.07) is 3.33. The van der Waals surface area contributed by atoms with Gasteiger partial charge < -0.3 is 10.4 Å². The van der Waals surface area contributed by atoms with Crippen LogP contribution in [0.3, 0.4) is 0 Å². The van der Waals surface area contributed by atoms with Crippen molar-refractivity contribution in [2.24, 2.45) is 5.92 Å². The van der Waals surface area contributed by atoms with E-state index >= 15 is 0 Å². The molecule has 0 radical (unpaired) electrons. The quantitative estimate of drug-likeness (QED) is 0.867. The van der Waals surface area contributed by atoms with E-state index in [2.05, 4.69) is 5.32 Å². The molecule has 0 aliphatic heterocycles. The number of benzene rings is 1. The summed E-state index contributed by atoms with van der Waals surface area (Å²) in [6.07, 6.45) is 6.01. The van der Waals surface area contributed by atoms with E-state index in [9.17, 15) is 14.0 Å². The van der Waals surface area contributed by atoms with Gasteiger partial charge in [-0.3, -0.25) is 4.79 Å². The molecule has 0 heterocycles. The van der Waals surface area contributed by atoms with Crippen molar-refractivity contribution in [2.75, 3.05) is 5.32 Å². The second-order valence-corrected chi connectivity index (χ2v) is 5.23. The van der Waals surface area contributed by atoms with Crippen LogP contribution in [0.25, 0.3) is 0 Å². The van der Waals surface area contributed by atoms with Gasteiger partial charge in [0, 0.05) is 6.42 Å². The molecule has 1 fully saturated rings. The van der Waals surface area contributed by atoms with Crippen LogP contribution in [0.5, 0.6) is 0 Å². The Morgan fingerprint density at radius 1 is 1.30 bits per heavy atom. The van der Waals surface area contributed by atoms with Crippen molar-refractivity contribution < 1.29 is 19.1 Å². The van der Waals surface area contributed by atoms with E-state index in [0.29, 0.717) is 12.3 Å². The zero-order valence-electron chi connectivity index (χ0n) is 11.2. The number of hydrogen-bond donors (Lipinski definition) is 2. The summed E-state index contributed by atoms with van der Waals surface area (Å²) in [5.41, 5.74) is -0.0745. The van der Waals surface area contributed by atoms with Gasteiger partial charge in [0.1, 0.15) is 5.82 Å². The summed E-state index contributed by atoms with van der Waals surface area (Å²) in [5.74, 6) is -1.50. The van der Waals surface area contributed by atoms with Crippen LogP contribution in [0.1, 0.15) is 48.9 Å². The summed E-state index contributed by atoms with van der Waals surface area (Å²) in [7, 11) is 0. The van der Waals surface area contributed by atoms with Crippen molar-refractivity contribution in [3.05, 3.63) is 29.6 Å². The normalized spacial score (nSPS) is 15.2. The highest BCUT2D eigenvalue weighted by molar-refractivity contribution is 6.00. The molecule has 1 amide bonds. The van der Waals surface area contributed by atoms with Crippen molar-refractivity contribution in [1.29, 1.82) is 0 Å². The zero-order chi connectivity index (χ0) is 14.5. The van der Waals surface area contributed by atoms with Gasteiger partial charge in [0.2, 0.25) is 5.91 Å². The number of rotatable bonds is 5. The largest absolute Gasteiger partial charge is 0.478 e. The first-order chi connectivity index (χ1) is 9.56. The molecule has 0 unspecified atom stereocenters. The molecule has 0 bridgehead atoms. The number of carbonyl (C=O) groups is 2. The number of aromatic carboxylic acids is 1. The average Bonchev–Trinajstić information content (AvgIpc) is 2.91. The molecule has 108 valence electrons. The highest BCUT2D eigenvalue weighted by Crippen LogP contribution is 2.28. The van der Waals surface area contributed by atoms with Gasteiger partial charge in [-0.1, -0.05) is 25.7 Å². The molecule has 20 heavy (non-hydrogen) atoms. The number of amides is 1. The monoisotopic (exact) mass is 279 g/mol. The van der Waals surface area contributed by atoms with Gasteiger partial charge in [-0.2, -0.15) is 0 Å². The molecular formula is C15H18FNO3. The van der Waals surface area contributed by atoms with E-state index < -0.39 is 11.8 Å². The SMILES string of the molecule is O=C(CCC1CCCC1)Nc1ccc(F)cc1C(=O)O. The van der Waals surface area contributed by atoms with Gasteiger partial charge in [-0.25, -0.2) is 9.18 Å². The van der Waals surface area contributed by atoms with Gasteiger partial charge >= 0.3 is 5.97 Å². The fourth-order valence-corrected chi connectivity index (χ4v) is 2.65. The molecule has 0 atom stereocenters. The summed E-state index contributed by atoms with van der Waals surface area (Å²) in [5, 5.41) is 11.5. The lowest BCUT2D eigenvalue weighted by atomic mass is 10.0. The maximum Gasteiger partial charge on any atom is 0.337 e. The van der Waals surface area contributed by atoms with Gasteiger partial charge in [0.25, 0.3) is 0 Å².